The number of nitrogens with two attached hydrogens (primary N) is 1. The van der Waals surface area contributed by atoms with Crippen molar-refractivity contribution in [2.45, 2.75) is 76.0 Å². The lowest BCUT2D eigenvalue weighted by atomic mass is 10.0. The molecule has 0 saturated carbocycles. The Morgan fingerprint density at radius 2 is 1.45 bits per heavy atom. The molecule has 1 aromatic carbocycles. The largest absolute Gasteiger partial charge is 0.481 e. The zero-order chi connectivity index (χ0) is 34.8. The predicted molar refractivity (Wildman–Crippen MR) is 166 cm³/mol. The van der Waals surface area contributed by atoms with Crippen LogP contribution in [0.4, 0.5) is 0 Å². The number of unbranched alkanes of at least 4 members (excludes halogenated alkanes) is 1. The van der Waals surface area contributed by atoms with Gasteiger partial charge in [-0.05, 0) is 24.8 Å². The lowest BCUT2D eigenvalue weighted by Gasteiger charge is -2.25. The average molecular weight is 659 g/mol. The van der Waals surface area contributed by atoms with Gasteiger partial charge < -0.3 is 47.5 Å². The van der Waals surface area contributed by atoms with Gasteiger partial charge in [-0.1, -0.05) is 30.3 Å². The van der Waals surface area contributed by atoms with Crippen molar-refractivity contribution in [3.05, 3.63) is 54.1 Å². The van der Waals surface area contributed by atoms with Crippen LogP contribution in [0.3, 0.4) is 0 Å². The molecular formula is C30H42N8O9. The highest BCUT2D eigenvalue weighted by Crippen LogP contribution is 2.07. The first-order valence-electron chi connectivity index (χ1n) is 15.0. The van der Waals surface area contributed by atoms with E-state index in [4.69, 9.17) is 10.8 Å². The standard InChI is InChI=1S/C30H42N8O9/c1-18(40)35-23(14-20-15-32-17-34-20)29(46)37-22(13-19-7-3-2-4-8-19)28(45)38-24(16-39)30(47)36-21(27(31)44)9-5-6-12-33-25(41)10-11-26(42)43/h2-4,7-8,15,17,21-24,39H,5-6,9-14,16H2,1H3,(H2,31,44)(H,32,34)(H,33,41)(H,35,40)(H,36,47)(H,37,46)(H,38,45)(H,42,43)/t21-,22-,23-,24-/m0/s1. The number of primary amides is 1. The fourth-order valence-corrected chi connectivity index (χ4v) is 4.44. The molecule has 0 saturated heterocycles. The van der Waals surface area contributed by atoms with E-state index < -0.39 is 72.2 Å². The Morgan fingerprint density at radius 3 is 2.02 bits per heavy atom. The van der Waals surface area contributed by atoms with Crippen molar-refractivity contribution >= 4 is 41.4 Å². The molecule has 0 fully saturated rings. The third kappa shape index (κ3) is 14.5. The zero-order valence-corrected chi connectivity index (χ0v) is 26.0. The molecule has 0 radical (unpaired) electrons. The topological polar surface area (TPSA) is 275 Å². The number of imidazole rings is 1. The number of carbonyl (C=O) groups is 7. The molecule has 10 N–H and O–H groups in total. The van der Waals surface area contributed by atoms with Gasteiger partial charge in [0.05, 0.1) is 19.4 Å². The molecule has 0 spiro atoms. The van der Waals surface area contributed by atoms with E-state index in [1.807, 2.05) is 0 Å². The average Bonchev–Trinajstić information content (AvgIpc) is 3.54. The Kier molecular flexibility index (Phi) is 16.1. The van der Waals surface area contributed by atoms with Crippen LogP contribution in [-0.2, 0) is 46.4 Å². The Hall–Kier alpha value is -5.32. The minimum atomic E-state index is -1.51. The van der Waals surface area contributed by atoms with Crippen molar-refractivity contribution in [3.63, 3.8) is 0 Å². The van der Waals surface area contributed by atoms with Crippen LogP contribution in [0.1, 0.15) is 50.3 Å². The molecule has 0 aliphatic carbocycles. The number of hydrogen-bond acceptors (Lipinski definition) is 9. The number of carboxylic acid groups (broad SMARTS) is 1. The molecule has 2 rings (SSSR count). The number of aliphatic hydroxyl groups excluding tert-OH is 1. The van der Waals surface area contributed by atoms with Crippen molar-refractivity contribution in [3.8, 4) is 0 Å². The lowest BCUT2D eigenvalue weighted by Crippen LogP contribution is -2.59. The highest BCUT2D eigenvalue weighted by Gasteiger charge is 2.31. The maximum absolute atomic E-state index is 13.4. The van der Waals surface area contributed by atoms with Crippen LogP contribution >= 0.6 is 0 Å². The first-order chi connectivity index (χ1) is 22.4. The molecule has 17 heteroatoms. The third-order valence-electron chi connectivity index (χ3n) is 6.87. The van der Waals surface area contributed by atoms with E-state index in [0.29, 0.717) is 24.1 Å². The molecule has 1 aromatic heterocycles. The second-order valence-corrected chi connectivity index (χ2v) is 10.7. The van der Waals surface area contributed by atoms with Gasteiger partial charge in [0, 0.05) is 44.6 Å². The van der Waals surface area contributed by atoms with E-state index in [1.54, 1.807) is 30.3 Å². The summed E-state index contributed by atoms with van der Waals surface area (Å²) in [4.78, 5) is 92.5. The van der Waals surface area contributed by atoms with Gasteiger partial charge in [-0.15, -0.1) is 0 Å². The van der Waals surface area contributed by atoms with Gasteiger partial charge in [-0.3, -0.25) is 33.6 Å². The summed E-state index contributed by atoms with van der Waals surface area (Å²) in [6.45, 7) is 0.617. The van der Waals surface area contributed by atoms with E-state index in [0.717, 1.165) is 0 Å². The van der Waals surface area contributed by atoms with Crippen molar-refractivity contribution in [1.82, 2.24) is 36.6 Å². The van der Waals surface area contributed by atoms with Crippen molar-refractivity contribution in [2.24, 2.45) is 5.73 Å². The van der Waals surface area contributed by atoms with Crippen LogP contribution < -0.4 is 32.3 Å². The zero-order valence-electron chi connectivity index (χ0n) is 26.0. The number of hydrogen-bond donors (Lipinski definition) is 9. The number of aliphatic carboxylic acids is 1. The second-order valence-electron chi connectivity index (χ2n) is 10.7. The maximum Gasteiger partial charge on any atom is 0.303 e. The molecular weight excluding hydrogens is 616 g/mol. The molecule has 47 heavy (non-hydrogen) atoms. The van der Waals surface area contributed by atoms with Crippen LogP contribution in [0.25, 0.3) is 0 Å². The van der Waals surface area contributed by atoms with Gasteiger partial charge in [-0.2, -0.15) is 0 Å². The molecule has 0 aliphatic rings. The Balaban J connectivity index is 2.05. The summed E-state index contributed by atoms with van der Waals surface area (Å²) < 4.78 is 0. The second kappa shape index (κ2) is 19.9. The summed E-state index contributed by atoms with van der Waals surface area (Å²) in [6.07, 6.45) is 3.34. The summed E-state index contributed by atoms with van der Waals surface area (Å²) in [6, 6.07) is 3.76. The van der Waals surface area contributed by atoms with Gasteiger partial charge in [0.15, 0.2) is 0 Å². The van der Waals surface area contributed by atoms with Gasteiger partial charge in [0.1, 0.15) is 24.2 Å². The molecule has 0 aliphatic heterocycles. The number of rotatable bonds is 21. The predicted octanol–water partition coefficient (Wildman–Crippen LogP) is -2.22. The van der Waals surface area contributed by atoms with E-state index in [-0.39, 0.29) is 38.6 Å². The number of carbonyl (C=O) groups excluding carboxylic acids is 6. The number of nitrogens with zero attached hydrogens (tertiary/aromatic N) is 1. The minimum absolute atomic E-state index is 0.00574. The first-order valence-corrected chi connectivity index (χ1v) is 15.0. The normalized spacial score (nSPS) is 13.2. The van der Waals surface area contributed by atoms with Crippen molar-refractivity contribution in [1.29, 1.82) is 0 Å². The first kappa shape index (κ1) is 37.9. The molecule has 6 amide bonds. The highest BCUT2D eigenvalue weighted by atomic mass is 16.4. The lowest BCUT2D eigenvalue weighted by molar-refractivity contribution is -0.138. The Bertz CT molecular complexity index is 1350. The smallest absolute Gasteiger partial charge is 0.303 e. The SMILES string of the molecule is CC(=O)N[C@@H](Cc1cnc[nH]1)C(=O)N[C@@H](Cc1ccccc1)C(=O)N[C@@H](CO)C(=O)N[C@@H](CCCCNC(=O)CCC(=O)O)C(N)=O. The Morgan fingerprint density at radius 1 is 0.830 bits per heavy atom. The number of aliphatic hydroxyl groups is 1. The highest BCUT2D eigenvalue weighted by molar-refractivity contribution is 5.95. The van der Waals surface area contributed by atoms with Gasteiger partial charge in [-0.25, -0.2) is 4.98 Å². The third-order valence-corrected chi connectivity index (χ3v) is 6.87. The van der Waals surface area contributed by atoms with Crippen LogP contribution in [0.2, 0.25) is 0 Å². The fourth-order valence-electron chi connectivity index (χ4n) is 4.44. The minimum Gasteiger partial charge on any atom is -0.481 e. The van der Waals surface area contributed by atoms with Crippen LogP contribution in [0.15, 0.2) is 42.9 Å². The maximum atomic E-state index is 13.4. The number of nitrogens with one attached hydrogen (secondary N) is 6. The molecule has 17 nitrogen and oxygen atoms in total. The summed E-state index contributed by atoms with van der Waals surface area (Å²) in [5.41, 5.74) is 6.68. The van der Waals surface area contributed by atoms with E-state index in [9.17, 15) is 38.7 Å². The molecule has 0 bridgehead atoms. The summed E-state index contributed by atoms with van der Waals surface area (Å²) in [7, 11) is 0. The van der Waals surface area contributed by atoms with Crippen molar-refractivity contribution in [2.75, 3.05) is 13.2 Å². The van der Waals surface area contributed by atoms with Crippen LogP contribution in [-0.4, -0.2) is 98.9 Å². The molecule has 0 unspecified atom stereocenters. The number of H-pyrrole nitrogens is 1. The molecule has 4 atom stereocenters. The summed E-state index contributed by atoms with van der Waals surface area (Å²) >= 11 is 0. The molecule has 1 heterocycles. The number of carboxylic acids is 1. The summed E-state index contributed by atoms with van der Waals surface area (Å²) in [5.74, 6) is -5.24. The number of amides is 6. The summed E-state index contributed by atoms with van der Waals surface area (Å²) in [5, 5.41) is 31.1. The van der Waals surface area contributed by atoms with Crippen LogP contribution in [0, 0.1) is 0 Å². The van der Waals surface area contributed by atoms with E-state index in [2.05, 4.69) is 36.6 Å². The fraction of sp³-hybridized carbons (Fsp3) is 0.467. The Labute approximate surface area is 270 Å². The van der Waals surface area contributed by atoms with Gasteiger partial charge in [0.2, 0.25) is 35.4 Å². The number of benzene rings is 1. The number of aromatic nitrogens is 2. The monoisotopic (exact) mass is 658 g/mol. The van der Waals surface area contributed by atoms with Crippen LogP contribution in [0.5, 0.6) is 0 Å². The molecule has 2 aromatic rings. The van der Waals surface area contributed by atoms with E-state index in [1.165, 1.54) is 19.4 Å². The van der Waals surface area contributed by atoms with Crippen molar-refractivity contribution < 1.29 is 43.8 Å². The van der Waals surface area contributed by atoms with Gasteiger partial charge >= 0.3 is 5.97 Å². The van der Waals surface area contributed by atoms with E-state index >= 15 is 0 Å². The van der Waals surface area contributed by atoms with Gasteiger partial charge in [0.25, 0.3) is 0 Å². The molecule has 256 valence electrons. The number of aromatic amines is 1. The quantitative estimate of drug-likeness (QED) is 0.0652.